The zero-order valence-corrected chi connectivity index (χ0v) is 19.2. The van der Waals surface area contributed by atoms with E-state index in [4.69, 9.17) is 20.7 Å². The highest BCUT2D eigenvalue weighted by atomic mass is 31.3. The molecule has 3 rings (SSSR count). The molecule has 0 amide bonds. The Bertz CT molecular complexity index is 1180. The van der Waals surface area contributed by atoms with E-state index < -0.39 is 48.5 Å². The van der Waals surface area contributed by atoms with Gasteiger partial charge < -0.3 is 39.9 Å². The molecule has 0 aliphatic carbocycles. The van der Waals surface area contributed by atoms with Crippen LogP contribution in [0, 0.1) is 0 Å². The number of phosphoric acid groups is 3. The number of fused-ring (bicyclic) bond motifs is 1. The Morgan fingerprint density at radius 3 is 2.61 bits per heavy atom. The molecule has 186 valence electrons. The summed E-state index contributed by atoms with van der Waals surface area (Å²) in [5.41, 5.74) is 2.47. The van der Waals surface area contributed by atoms with E-state index in [1.54, 1.807) is 6.92 Å². The summed E-state index contributed by atoms with van der Waals surface area (Å²) in [6, 6.07) is 0. The summed E-state index contributed by atoms with van der Waals surface area (Å²) in [6.45, 7) is 1.15. The van der Waals surface area contributed by atoms with Crippen molar-refractivity contribution in [2.75, 3.05) is 18.9 Å². The molecule has 21 heteroatoms. The van der Waals surface area contributed by atoms with Gasteiger partial charge in [0.05, 0.1) is 25.6 Å². The lowest BCUT2D eigenvalue weighted by Gasteiger charge is -2.19. The van der Waals surface area contributed by atoms with E-state index in [1.165, 1.54) is 10.9 Å². The molecule has 3 heterocycles. The second-order valence-corrected chi connectivity index (χ2v) is 10.8. The second kappa shape index (κ2) is 9.62. The Labute approximate surface area is 186 Å². The van der Waals surface area contributed by atoms with Crippen LogP contribution in [0.4, 0.5) is 5.95 Å². The Balaban J connectivity index is 1.71. The third-order valence-corrected chi connectivity index (χ3v) is 7.81. The molecule has 1 aliphatic rings. The van der Waals surface area contributed by atoms with Crippen LogP contribution in [-0.2, 0) is 31.6 Å². The maximum Gasteiger partial charge on any atom is 0.490 e. The van der Waals surface area contributed by atoms with Gasteiger partial charge >= 0.3 is 23.5 Å². The number of hydrogen-bond donors (Lipinski definition) is 6. The van der Waals surface area contributed by atoms with Gasteiger partial charge in [-0.1, -0.05) is 0 Å². The molecule has 33 heavy (non-hydrogen) atoms. The van der Waals surface area contributed by atoms with E-state index in [9.17, 15) is 28.6 Å². The lowest BCUT2D eigenvalue weighted by molar-refractivity contribution is -0.0423. The number of phosphoric ester groups is 1. The Hall–Kier alpha value is -1.52. The average molecular weight is 537 g/mol. The predicted molar refractivity (Wildman–Crippen MR) is 105 cm³/mol. The predicted octanol–water partition coefficient (Wildman–Crippen LogP) is -0.201. The summed E-state index contributed by atoms with van der Waals surface area (Å²) in [5.74, 6) is 0.00390. The average Bonchev–Trinajstić information content (AvgIpc) is 3.27. The summed E-state index contributed by atoms with van der Waals surface area (Å²) in [6.07, 6.45) is -2.14. The largest absolute Gasteiger partial charge is 0.490 e. The van der Waals surface area contributed by atoms with Crippen molar-refractivity contribution in [3.8, 4) is 5.88 Å². The van der Waals surface area contributed by atoms with Crippen LogP contribution >= 0.6 is 23.5 Å². The fourth-order valence-electron chi connectivity index (χ4n) is 2.85. The standard InChI is InChI=1S/C12H20N5O13P3/c1-2-26-11-9-10(15-12(13)16-11)17(5-14-9)8-3-6(18)7(28-8)4-27-32(22,23)30-33(24,25)29-31(19,20)21/h5-8,18H,2-4H2,1H3,(H,22,23)(H,24,25)(H2,13,15,16)(H2,19,20,21)/t6-,7+,8+/m0/s1/i/hT. The molecule has 1 saturated heterocycles. The van der Waals surface area contributed by atoms with Crippen molar-refractivity contribution < 1.29 is 62.4 Å². The smallest absolute Gasteiger partial charge is 0.476 e. The number of nitrogen functional groups attached to an aromatic ring is 1. The molecule has 5 atom stereocenters. The molecular formula is C12H20N5O13P3. The van der Waals surface area contributed by atoms with Crippen LogP contribution in [0.1, 0.15) is 19.6 Å². The Kier molecular flexibility index (Phi) is 7.17. The maximum atomic E-state index is 11.9. The van der Waals surface area contributed by atoms with Crippen LogP contribution in [0.25, 0.3) is 11.2 Å². The first-order valence-electron chi connectivity index (χ1n) is 9.40. The van der Waals surface area contributed by atoms with Gasteiger partial charge in [0.2, 0.25) is 11.8 Å². The minimum atomic E-state index is -5.67. The van der Waals surface area contributed by atoms with Crippen molar-refractivity contribution in [3.63, 3.8) is 0 Å². The second-order valence-electron chi connectivity index (χ2n) is 6.43. The number of nitrogens with two attached hydrogens (primary N) is 1. The third kappa shape index (κ3) is 6.76. The van der Waals surface area contributed by atoms with Crippen molar-refractivity contribution in [2.45, 2.75) is 31.8 Å². The van der Waals surface area contributed by atoms with Crippen LogP contribution in [0.5, 0.6) is 5.88 Å². The van der Waals surface area contributed by atoms with Gasteiger partial charge in [0.25, 0.3) is 0 Å². The number of aliphatic hydroxyl groups is 1. The first-order valence-corrected chi connectivity index (χ1v) is 13.4. The van der Waals surface area contributed by atoms with Crippen LogP contribution in [-0.4, -0.2) is 69.6 Å². The highest BCUT2D eigenvalue weighted by Crippen LogP contribution is 2.66. The first-order chi connectivity index (χ1) is 15.7. The lowest BCUT2D eigenvalue weighted by Crippen LogP contribution is -2.26. The SMILES string of the molecule is [3H]Nc1nc(OCC)c2ncn([C@H]3C[C@H](O)[C@@H](COP(=O)(O)OP(=O)(O)OP(=O)(O)O)O3)c2n1. The number of nitrogens with zero attached hydrogens (tertiary/aromatic N) is 4. The van der Waals surface area contributed by atoms with E-state index in [-0.39, 0.29) is 36.0 Å². The Morgan fingerprint density at radius 1 is 1.24 bits per heavy atom. The summed E-state index contributed by atoms with van der Waals surface area (Å²) in [5, 5.41) is 10.3. The molecule has 7 N–H and O–H groups in total. The normalized spacial score (nSPS) is 25.4. The molecule has 0 spiro atoms. The number of anilines is 1. The van der Waals surface area contributed by atoms with Crippen molar-refractivity contribution in [1.29, 1.82) is 0 Å². The topological polar surface area (TPSA) is 268 Å². The van der Waals surface area contributed by atoms with Gasteiger partial charge in [0.15, 0.2) is 12.6 Å². The summed E-state index contributed by atoms with van der Waals surface area (Å²) < 4.78 is 65.3. The van der Waals surface area contributed by atoms with E-state index in [0.717, 1.165) is 0 Å². The Morgan fingerprint density at radius 2 is 1.97 bits per heavy atom. The molecule has 0 aromatic carbocycles. The van der Waals surface area contributed by atoms with E-state index in [2.05, 4.69) is 28.1 Å². The number of aliphatic hydroxyl groups excluding tert-OH is 1. The minimum Gasteiger partial charge on any atom is -0.476 e. The van der Waals surface area contributed by atoms with Gasteiger partial charge in [-0.05, 0) is 6.92 Å². The fraction of sp³-hybridized carbons (Fsp3) is 0.583. The summed E-state index contributed by atoms with van der Waals surface area (Å²) in [7, 11) is -16.6. The number of ether oxygens (including phenoxy) is 2. The molecule has 0 bridgehead atoms. The molecule has 0 radical (unpaired) electrons. The van der Waals surface area contributed by atoms with Gasteiger partial charge in [0.1, 0.15) is 12.3 Å². The molecule has 18 nitrogen and oxygen atoms in total. The molecule has 2 unspecified atom stereocenters. The van der Waals surface area contributed by atoms with Crippen LogP contribution in [0.2, 0.25) is 1.41 Å². The summed E-state index contributed by atoms with van der Waals surface area (Å²) in [4.78, 5) is 48.1. The molecule has 2 aromatic heterocycles. The van der Waals surface area contributed by atoms with Crippen LogP contribution in [0.3, 0.4) is 0 Å². The molecule has 0 saturated carbocycles. The quantitative estimate of drug-likeness (QED) is 0.202. The van der Waals surface area contributed by atoms with E-state index >= 15 is 0 Å². The summed E-state index contributed by atoms with van der Waals surface area (Å²) >= 11 is 0. The van der Waals surface area contributed by atoms with Gasteiger partial charge in [0, 0.05) is 6.42 Å². The van der Waals surface area contributed by atoms with Gasteiger partial charge in [-0.2, -0.15) is 18.6 Å². The highest BCUT2D eigenvalue weighted by Gasteiger charge is 2.43. The highest BCUT2D eigenvalue weighted by molar-refractivity contribution is 7.66. The maximum absolute atomic E-state index is 11.9. The van der Waals surface area contributed by atoms with Gasteiger partial charge in [-0.15, -0.1) is 0 Å². The third-order valence-electron chi connectivity index (χ3n) is 4.00. The van der Waals surface area contributed by atoms with Crippen molar-refractivity contribution >= 4 is 40.6 Å². The van der Waals surface area contributed by atoms with Crippen molar-refractivity contribution in [3.05, 3.63) is 6.33 Å². The molecule has 2 aromatic rings. The molecular weight excluding hydrogens is 515 g/mol. The van der Waals surface area contributed by atoms with Crippen LogP contribution in [0.15, 0.2) is 6.33 Å². The number of rotatable bonds is 11. The van der Waals surface area contributed by atoms with Crippen LogP contribution < -0.4 is 10.5 Å². The zero-order chi connectivity index (χ0) is 25.3. The molecule has 1 aliphatic heterocycles. The van der Waals surface area contributed by atoms with Crippen molar-refractivity contribution in [1.82, 2.24) is 19.5 Å². The van der Waals surface area contributed by atoms with Gasteiger partial charge in [-0.3, -0.25) is 9.09 Å². The number of aromatic nitrogens is 4. The number of hydrogen-bond acceptors (Lipinski definition) is 13. The number of imidazole rings is 1. The molecule has 1 fully saturated rings. The zero-order valence-electron chi connectivity index (χ0n) is 17.6. The first kappa shape index (κ1) is 24.6. The minimum absolute atomic E-state index is 0.0620. The van der Waals surface area contributed by atoms with Gasteiger partial charge in [-0.25, -0.2) is 18.7 Å². The van der Waals surface area contributed by atoms with E-state index in [0.29, 0.717) is 0 Å². The monoisotopic (exact) mass is 537 g/mol. The van der Waals surface area contributed by atoms with E-state index in [1.807, 2.05) is 5.73 Å². The van der Waals surface area contributed by atoms with Crippen molar-refractivity contribution in [2.24, 2.45) is 0 Å². The lowest BCUT2D eigenvalue weighted by atomic mass is 10.2. The fourth-order valence-corrected chi connectivity index (χ4v) is 5.88.